The van der Waals surface area contributed by atoms with Crippen LogP contribution < -0.4 is 4.72 Å². The van der Waals surface area contributed by atoms with Gasteiger partial charge in [0.15, 0.2) is 17.5 Å². The minimum atomic E-state index is -4.66. The first kappa shape index (κ1) is 17.7. The second-order valence-electron chi connectivity index (χ2n) is 4.71. The third-order valence-electron chi connectivity index (χ3n) is 3.11. The summed E-state index contributed by atoms with van der Waals surface area (Å²) in [6.45, 7) is 1.07. The Bertz CT molecular complexity index is 944. The number of carboxylic acid groups (broad SMARTS) is 1. The minimum Gasteiger partial charge on any atom is -0.478 e. The van der Waals surface area contributed by atoms with Crippen molar-refractivity contribution in [2.75, 3.05) is 4.72 Å². The summed E-state index contributed by atoms with van der Waals surface area (Å²) < 4.78 is 79.5. The van der Waals surface area contributed by atoms with Crippen LogP contribution in [0.15, 0.2) is 29.2 Å². The second kappa shape index (κ2) is 6.11. The molecule has 0 saturated carbocycles. The van der Waals surface area contributed by atoms with E-state index in [0.717, 1.165) is 6.92 Å². The van der Waals surface area contributed by atoms with Crippen LogP contribution in [-0.2, 0) is 10.0 Å². The molecule has 2 rings (SSSR count). The molecule has 2 aromatic rings. The van der Waals surface area contributed by atoms with Crippen LogP contribution in [0.3, 0.4) is 0 Å². The maximum Gasteiger partial charge on any atom is 0.335 e. The van der Waals surface area contributed by atoms with Crippen molar-refractivity contribution in [2.24, 2.45) is 0 Å². The number of anilines is 1. The normalized spacial score (nSPS) is 11.4. The van der Waals surface area contributed by atoms with E-state index in [0.29, 0.717) is 24.3 Å². The topological polar surface area (TPSA) is 83.5 Å². The maximum atomic E-state index is 13.7. The molecule has 0 spiro atoms. The molecule has 0 aromatic heterocycles. The Balaban J connectivity index is 2.56. The zero-order valence-corrected chi connectivity index (χ0v) is 12.7. The smallest absolute Gasteiger partial charge is 0.335 e. The van der Waals surface area contributed by atoms with E-state index in [1.165, 1.54) is 0 Å². The fraction of sp³-hybridized carbons (Fsp3) is 0.0714. The van der Waals surface area contributed by atoms with Gasteiger partial charge in [-0.25, -0.2) is 30.8 Å². The third kappa shape index (κ3) is 3.18. The number of hydrogen-bond donors (Lipinski definition) is 2. The molecule has 2 aromatic carbocycles. The van der Waals surface area contributed by atoms with Crippen molar-refractivity contribution in [1.29, 1.82) is 0 Å². The first-order valence-electron chi connectivity index (χ1n) is 6.24. The van der Waals surface area contributed by atoms with Gasteiger partial charge in [0.2, 0.25) is 0 Å². The molecular formula is C14H9F4NO4S. The molecule has 0 fully saturated rings. The summed E-state index contributed by atoms with van der Waals surface area (Å²) in [4.78, 5) is 10.1. The highest BCUT2D eigenvalue weighted by atomic mass is 32.2. The number of halogens is 4. The number of carbonyl (C=O) groups is 1. The lowest BCUT2D eigenvalue weighted by Crippen LogP contribution is -2.17. The summed E-state index contributed by atoms with van der Waals surface area (Å²) >= 11 is 0. The van der Waals surface area contributed by atoms with Crippen LogP contribution in [0.2, 0.25) is 0 Å². The van der Waals surface area contributed by atoms with Crippen LogP contribution in [0.1, 0.15) is 15.9 Å². The molecule has 0 aliphatic carbocycles. The van der Waals surface area contributed by atoms with Gasteiger partial charge in [-0.1, -0.05) is 0 Å². The monoisotopic (exact) mass is 363 g/mol. The quantitative estimate of drug-likeness (QED) is 0.646. The largest absolute Gasteiger partial charge is 0.478 e. The van der Waals surface area contributed by atoms with Gasteiger partial charge in [-0.2, -0.15) is 0 Å². The van der Waals surface area contributed by atoms with Gasteiger partial charge in [0, 0.05) is 5.56 Å². The van der Waals surface area contributed by atoms with Gasteiger partial charge in [-0.05, 0) is 31.2 Å². The Hall–Kier alpha value is -2.62. The molecule has 0 saturated heterocycles. The van der Waals surface area contributed by atoms with Crippen molar-refractivity contribution in [3.8, 4) is 0 Å². The number of carboxylic acids is 1. The van der Waals surface area contributed by atoms with Gasteiger partial charge in [-0.15, -0.1) is 0 Å². The van der Waals surface area contributed by atoms with E-state index in [1.807, 2.05) is 0 Å². The summed E-state index contributed by atoms with van der Waals surface area (Å²) in [6.07, 6.45) is 0. The summed E-state index contributed by atoms with van der Waals surface area (Å²) in [7, 11) is -4.66. The summed E-state index contributed by atoms with van der Waals surface area (Å²) in [5.74, 6) is -7.89. The van der Waals surface area contributed by atoms with Gasteiger partial charge in [-0.3, -0.25) is 4.72 Å². The van der Waals surface area contributed by atoms with Crippen molar-refractivity contribution in [3.05, 3.63) is 58.7 Å². The standard InChI is InChI=1S/C14H9F4NO4S/c1-6-9(16)4-7(14(20)21)5-11(6)24(22,23)19-10-3-2-8(15)12(17)13(10)18/h2-5,19H,1H3,(H,20,21). The molecular weight excluding hydrogens is 354 g/mol. The first-order valence-corrected chi connectivity index (χ1v) is 7.72. The van der Waals surface area contributed by atoms with E-state index in [2.05, 4.69) is 0 Å². The molecule has 5 nitrogen and oxygen atoms in total. The molecule has 10 heteroatoms. The third-order valence-corrected chi connectivity index (χ3v) is 4.60. The average Bonchev–Trinajstić information content (AvgIpc) is 2.50. The summed E-state index contributed by atoms with van der Waals surface area (Å²) in [6, 6.07) is 2.42. The average molecular weight is 363 g/mol. The lowest BCUT2D eigenvalue weighted by Gasteiger charge is -2.12. The van der Waals surface area contributed by atoms with Crippen molar-refractivity contribution in [1.82, 2.24) is 0 Å². The van der Waals surface area contributed by atoms with Crippen LogP contribution in [0, 0.1) is 30.2 Å². The molecule has 0 atom stereocenters. The summed E-state index contributed by atoms with van der Waals surface area (Å²) in [5.41, 5.74) is -1.98. The van der Waals surface area contributed by atoms with Gasteiger partial charge >= 0.3 is 5.97 Å². The van der Waals surface area contributed by atoms with Crippen LogP contribution >= 0.6 is 0 Å². The molecule has 24 heavy (non-hydrogen) atoms. The Kier molecular flexibility index (Phi) is 4.52. The Morgan fingerprint density at radius 3 is 2.25 bits per heavy atom. The van der Waals surface area contributed by atoms with Gasteiger partial charge in [0.25, 0.3) is 10.0 Å². The number of benzene rings is 2. The molecule has 2 N–H and O–H groups in total. The first-order chi connectivity index (χ1) is 11.0. The van der Waals surface area contributed by atoms with Crippen LogP contribution in [0.5, 0.6) is 0 Å². The Morgan fingerprint density at radius 2 is 1.67 bits per heavy atom. The number of rotatable bonds is 4. The molecule has 0 aliphatic heterocycles. The highest BCUT2D eigenvalue weighted by Gasteiger charge is 2.24. The van der Waals surface area contributed by atoms with Crippen molar-refractivity contribution < 1.29 is 35.9 Å². The van der Waals surface area contributed by atoms with Crippen LogP contribution in [0.25, 0.3) is 0 Å². The van der Waals surface area contributed by atoms with E-state index in [-0.39, 0.29) is 0 Å². The number of hydrogen-bond acceptors (Lipinski definition) is 3. The van der Waals surface area contributed by atoms with Crippen molar-refractivity contribution >= 4 is 21.7 Å². The molecule has 128 valence electrons. The molecule has 0 heterocycles. The molecule has 0 amide bonds. The summed E-state index contributed by atoms with van der Waals surface area (Å²) in [5, 5.41) is 8.86. The Labute approximate surface area is 133 Å². The highest BCUT2D eigenvalue weighted by molar-refractivity contribution is 7.92. The number of nitrogens with one attached hydrogen (secondary N) is 1. The molecule has 0 radical (unpaired) electrons. The Morgan fingerprint density at radius 1 is 1.04 bits per heavy atom. The van der Waals surface area contributed by atoms with Crippen LogP contribution in [-0.4, -0.2) is 19.5 Å². The van der Waals surface area contributed by atoms with E-state index in [4.69, 9.17) is 5.11 Å². The van der Waals surface area contributed by atoms with Gasteiger partial charge < -0.3 is 5.11 Å². The minimum absolute atomic E-state index is 0.421. The highest BCUT2D eigenvalue weighted by Crippen LogP contribution is 2.26. The van der Waals surface area contributed by atoms with Crippen LogP contribution in [0.4, 0.5) is 23.2 Å². The van der Waals surface area contributed by atoms with E-state index in [1.54, 1.807) is 4.72 Å². The van der Waals surface area contributed by atoms with E-state index >= 15 is 0 Å². The second-order valence-corrected chi connectivity index (χ2v) is 6.37. The van der Waals surface area contributed by atoms with E-state index in [9.17, 15) is 30.8 Å². The lowest BCUT2D eigenvalue weighted by atomic mass is 10.1. The van der Waals surface area contributed by atoms with Crippen molar-refractivity contribution in [3.63, 3.8) is 0 Å². The fourth-order valence-electron chi connectivity index (χ4n) is 1.86. The zero-order chi connectivity index (χ0) is 18.2. The van der Waals surface area contributed by atoms with E-state index < -0.39 is 61.0 Å². The number of aromatic carboxylic acids is 1. The SMILES string of the molecule is Cc1c(F)cc(C(=O)O)cc1S(=O)(=O)Nc1ccc(F)c(F)c1F. The zero-order valence-electron chi connectivity index (χ0n) is 11.9. The molecule has 0 unspecified atom stereocenters. The molecule has 0 aliphatic rings. The van der Waals surface area contributed by atoms with Crippen molar-refractivity contribution in [2.45, 2.75) is 11.8 Å². The maximum absolute atomic E-state index is 13.7. The number of sulfonamides is 1. The van der Waals surface area contributed by atoms with Gasteiger partial charge in [0.05, 0.1) is 16.1 Å². The molecule has 0 bridgehead atoms. The lowest BCUT2D eigenvalue weighted by molar-refractivity contribution is 0.0696. The fourth-order valence-corrected chi connectivity index (χ4v) is 3.20. The predicted molar refractivity (Wildman–Crippen MR) is 75.2 cm³/mol. The predicted octanol–water partition coefficient (Wildman–Crippen LogP) is 3.05. The van der Waals surface area contributed by atoms with Gasteiger partial charge in [0.1, 0.15) is 5.82 Å².